The predicted molar refractivity (Wildman–Crippen MR) is 78.0 cm³/mol. The second-order valence-electron chi connectivity index (χ2n) is 5.50. The number of carboxylic acid groups (broad SMARTS) is 1. The molecule has 0 aromatic heterocycles. The minimum atomic E-state index is -1.01. The van der Waals surface area contributed by atoms with Crippen LogP contribution in [0, 0.1) is 5.41 Å². The SMILES string of the molecule is CCC1(C(=O)NCc2cccc(OCC(=O)O)c2)CCC1. The molecule has 0 bridgehead atoms. The van der Waals surface area contributed by atoms with E-state index in [0.717, 1.165) is 31.2 Å². The molecule has 1 aromatic carbocycles. The van der Waals surface area contributed by atoms with Crippen LogP contribution in [-0.4, -0.2) is 23.6 Å². The third-order valence-electron chi connectivity index (χ3n) is 4.18. The van der Waals surface area contributed by atoms with Crippen LogP contribution in [0.4, 0.5) is 0 Å². The van der Waals surface area contributed by atoms with E-state index in [-0.39, 0.29) is 17.9 Å². The molecule has 114 valence electrons. The van der Waals surface area contributed by atoms with Crippen molar-refractivity contribution in [1.29, 1.82) is 0 Å². The molecule has 0 heterocycles. The maximum atomic E-state index is 12.2. The highest BCUT2D eigenvalue weighted by Gasteiger charge is 2.41. The van der Waals surface area contributed by atoms with E-state index in [1.54, 1.807) is 18.2 Å². The average molecular weight is 291 g/mol. The first-order valence-corrected chi connectivity index (χ1v) is 7.27. The topological polar surface area (TPSA) is 75.6 Å². The Morgan fingerprint density at radius 3 is 2.71 bits per heavy atom. The summed E-state index contributed by atoms with van der Waals surface area (Å²) in [5.41, 5.74) is 0.731. The lowest BCUT2D eigenvalue weighted by molar-refractivity contribution is -0.139. The highest BCUT2D eigenvalue weighted by Crippen LogP contribution is 2.43. The lowest BCUT2D eigenvalue weighted by Gasteiger charge is -2.39. The molecule has 1 fully saturated rings. The van der Waals surface area contributed by atoms with Crippen LogP contribution in [0.3, 0.4) is 0 Å². The summed E-state index contributed by atoms with van der Waals surface area (Å²) in [6.45, 7) is 2.12. The number of carboxylic acids is 1. The van der Waals surface area contributed by atoms with Gasteiger partial charge in [0.2, 0.25) is 5.91 Å². The predicted octanol–water partition coefficient (Wildman–Crippen LogP) is 2.35. The molecule has 1 aliphatic carbocycles. The molecular weight excluding hydrogens is 270 g/mol. The van der Waals surface area contributed by atoms with E-state index in [0.29, 0.717) is 12.3 Å². The van der Waals surface area contributed by atoms with Gasteiger partial charge in [-0.1, -0.05) is 25.5 Å². The van der Waals surface area contributed by atoms with E-state index in [4.69, 9.17) is 9.84 Å². The maximum absolute atomic E-state index is 12.2. The molecular formula is C16H21NO4. The maximum Gasteiger partial charge on any atom is 0.341 e. The Hall–Kier alpha value is -2.04. The molecule has 0 spiro atoms. The van der Waals surface area contributed by atoms with Crippen molar-refractivity contribution < 1.29 is 19.4 Å². The minimum absolute atomic E-state index is 0.119. The van der Waals surface area contributed by atoms with E-state index in [1.165, 1.54) is 0 Å². The Kier molecular flexibility index (Phi) is 4.83. The fourth-order valence-electron chi connectivity index (χ4n) is 2.60. The van der Waals surface area contributed by atoms with E-state index in [1.807, 2.05) is 6.07 Å². The van der Waals surface area contributed by atoms with E-state index in [9.17, 15) is 9.59 Å². The summed E-state index contributed by atoms with van der Waals surface area (Å²) in [5.74, 6) is -0.394. The van der Waals surface area contributed by atoms with Gasteiger partial charge in [0.1, 0.15) is 5.75 Å². The molecule has 0 radical (unpaired) electrons. The minimum Gasteiger partial charge on any atom is -0.482 e. The molecule has 5 heteroatoms. The Morgan fingerprint density at radius 2 is 2.14 bits per heavy atom. The fraction of sp³-hybridized carbons (Fsp3) is 0.500. The summed E-state index contributed by atoms with van der Waals surface area (Å²) in [6.07, 6.45) is 3.94. The largest absolute Gasteiger partial charge is 0.482 e. The number of nitrogens with one attached hydrogen (secondary N) is 1. The summed E-state index contributed by atoms with van der Waals surface area (Å²) in [6, 6.07) is 7.13. The molecule has 21 heavy (non-hydrogen) atoms. The van der Waals surface area contributed by atoms with Crippen molar-refractivity contribution in [2.24, 2.45) is 5.41 Å². The summed E-state index contributed by atoms with van der Waals surface area (Å²) in [4.78, 5) is 22.7. The van der Waals surface area contributed by atoms with Crippen LogP contribution in [0.1, 0.15) is 38.2 Å². The number of carbonyl (C=O) groups excluding carboxylic acids is 1. The number of rotatable bonds is 7. The van der Waals surface area contributed by atoms with Gasteiger partial charge < -0.3 is 15.2 Å². The summed E-state index contributed by atoms with van der Waals surface area (Å²) in [7, 11) is 0. The normalized spacial score (nSPS) is 15.9. The summed E-state index contributed by atoms with van der Waals surface area (Å²) < 4.78 is 5.12. The second-order valence-corrected chi connectivity index (χ2v) is 5.50. The number of aliphatic carboxylic acids is 1. The van der Waals surface area contributed by atoms with Gasteiger partial charge in [0.25, 0.3) is 0 Å². The van der Waals surface area contributed by atoms with Crippen molar-refractivity contribution >= 4 is 11.9 Å². The lowest BCUT2D eigenvalue weighted by atomic mass is 9.66. The van der Waals surface area contributed by atoms with Gasteiger partial charge in [0.15, 0.2) is 6.61 Å². The average Bonchev–Trinajstić information content (AvgIpc) is 2.43. The van der Waals surface area contributed by atoms with Gasteiger partial charge in [-0.3, -0.25) is 4.79 Å². The summed E-state index contributed by atoms with van der Waals surface area (Å²) in [5, 5.41) is 11.6. The first kappa shape index (κ1) is 15.4. The Morgan fingerprint density at radius 1 is 1.38 bits per heavy atom. The van der Waals surface area contributed by atoms with Crippen LogP contribution in [0.5, 0.6) is 5.75 Å². The third kappa shape index (κ3) is 3.74. The van der Waals surface area contributed by atoms with Crippen molar-refractivity contribution in [3.05, 3.63) is 29.8 Å². The van der Waals surface area contributed by atoms with Gasteiger partial charge in [-0.05, 0) is 37.0 Å². The molecule has 2 N–H and O–H groups in total. The second kappa shape index (κ2) is 6.61. The van der Waals surface area contributed by atoms with Crippen LogP contribution >= 0.6 is 0 Å². The quantitative estimate of drug-likeness (QED) is 0.808. The molecule has 1 saturated carbocycles. The van der Waals surface area contributed by atoms with Crippen molar-refractivity contribution in [1.82, 2.24) is 5.32 Å². The number of ether oxygens (including phenoxy) is 1. The monoisotopic (exact) mass is 291 g/mol. The Labute approximate surface area is 124 Å². The van der Waals surface area contributed by atoms with Crippen molar-refractivity contribution in [2.75, 3.05) is 6.61 Å². The van der Waals surface area contributed by atoms with Gasteiger partial charge in [0.05, 0.1) is 0 Å². The zero-order chi connectivity index (χ0) is 15.3. The first-order chi connectivity index (χ1) is 10.1. The molecule has 0 unspecified atom stereocenters. The summed E-state index contributed by atoms with van der Waals surface area (Å²) >= 11 is 0. The molecule has 5 nitrogen and oxygen atoms in total. The number of hydrogen-bond donors (Lipinski definition) is 2. The van der Waals surface area contributed by atoms with Crippen LogP contribution in [-0.2, 0) is 16.1 Å². The van der Waals surface area contributed by atoms with Gasteiger partial charge in [0, 0.05) is 12.0 Å². The Balaban J connectivity index is 1.89. The number of benzene rings is 1. The van der Waals surface area contributed by atoms with E-state index in [2.05, 4.69) is 12.2 Å². The molecule has 1 aliphatic rings. The fourth-order valence-corrected chi connectivity index (χ4v) is 2.60. The van der Waals surface area contributed by atoms with Crippen LogP contribution in [0.15, 0.2) is 24.3 Å². The molecule has 0 saturated heterocycles. The van der Waals surface area contributed by atoms with Crippen molar-refractivity contribution in [2.45, 2.75) is 39.2 Å². The van der Waals surface area contributed by atoms with Gasteiger partial charge in [-0.25, -0.2) is 4.79 Å². The molecule has 0 aliphatic heterocycles. The van der Waals surface area contributed by atoms with Crippen molar-refractivity contribution in [3.63, 3.8) is 0 Å². The standard InChI is InChI=1S/C16H21NO4/c1-2-16(7-4-8-16)15(20)17-10-12-5-3-6-13(9-12)21-11-14(18)19/h3,5-6,9H,2,4,7-8,10-11H2,1H3,(H,17,20)(H,18,19). The number of hydrogen-bond acceptors (Lipinski definition) is 3. The first-order valence-electron chi connectivity index (χ1n) is 7.27. The lowest BCUT2D eigenvalue weighted by Crippen LogP contribution is -2.44. The molecule has 1 aromatic rings. The smallest absolute Gasteiger partial charge is 0.341 e. The highest BCUT2D eigenvalue weighted by atomic mass is 16.5. The van der Waals surface area contributed by atoms with Gasteiger partial charge >= 0.3 is 5.97 Å². The van der Waals surface area contributed by atoms with E-state index < -0.39 is 5.97 Å². The zero-order valence-electron chi connectivity index (χ0n) is 12.2. The Bertz CT molecular complexity index is 517. The molecule has 1 amide bonds. The van der Waals surface area contributed by atoms with Crippen LogP contribution in [0.2, 0.25) is 0 Å². The molecule has 2 rings (SSSR count). The zero-order valence-corrected chi connectivity index (χ0v) is 12.2. The number of carbonyl (C=O) groups is 2. The van der Waals surface area contributed by atoms with Gasteiger partial charge in [-0.15, -0.1) is 0 Å². The van der Waals surface area contributed by atoms with Crippen LogP contribution < -0.4 is 10.1 Å². The van der Waals surface area contributed by atoms with Gasteiger partial charge in [-0.2, -0.15) is 0 Å². The highest BCUT2D eigenvalue weighted by molar-refractivity contribution is 5.83. The molecule has 0 atom stereocenters. The number of amides is 1. The third-order valence-corrected chi connectivity index (χ3v) is 4.18. The van der Waals surface area contributed by atoms with Crippen molar-refractivity contribution in [3.8, 4) is 5.75 Å². The van der Waals surface area contributed by atoms with Crippen LogP contribution in [0.25, 0.3) is 0 Å². The van der Waals surface area contributed by atoms with E-state index >= 15 is 0 Å².